The summed E-state index contributed by atoms with van der Waals surface area (Å²) in [5.74, 6) is 1.69. The number of methoxy groups -OCH3 is 1. The quantitative estimate of drug-likeness (QED) is 0.889. The van der Waals surface area contributed by atoms with E-state index in [1.807, 2.05) is 12.1 Å². The van der Waals surface area contributed by atoms with Gasteiger partial charge in [-0.2, -0.15) is 0 Å². The summed E-state index contributed by atoms with van der Waals surface area (Å²) < 4.78 is 5.20. The van der Waals surface area contributed by atoms with Crippen molar-refractivity contribution < 1.29 is 4.74 Å². The smallest absolute Gasteiger partial charge is 0.118 e. The maximum atomic E-state index is 5.98. The number of benzene rings is 1. The maximum Gasteiger partial charge on any atom is 0.118 e. The van der Waals surface area contributed by atoms with Crippen LogP contribution in [0.25, 0.3) is 0 Å². The molecular weight excluding hydrogens is 224 g/mol. The summed E-state index contributed by atoms with van der Waals surface area (Å²) >= 11 is 0. The predicted octanol–water partition coefficient (Wildman–Crippen LogP) is 2.43. The lowest BCUT2D eigenvalue weighted by molar-refractivity contribution is 0.133. The van der Waals surface area contributed by atoms with Gasteiger partial charge in [0.1, 0.15) is 5.75 Å². The van der Waals surface area contributed by atoms with E-state index in [-0.39, 0.29) is 0 Å². The lowest BCUT2D eigenvalue weighted by atomic mass is 9.96. The van der Waals surface area contributed by atoms with Crippen molar-refractivity contribution >= 4 is 0 Å². The molecule has 1 heterocycles. The average Bonchev–Trinajstić information content (AvgIpc) is 2.40. The minimum absolute atomic E-state index is 0.346. The Kier molecular flexibility index (Phi) is 4.61. The van der Waals surface area contributed by atoms with Crippen LogP contribution in [0.5, 0.6) is 5.75 Å². The van der Waals surface area contributed by atoms with Gasteiger partial charge in [0.05, 0.1) is 7.11 Å². The Morgan fingerprint density at radius 1 is 1.39 bits per heavy atom. The molecule has 0 unspecified atom stereocenters. The van der Waals surface area contributed by atoms with Crippen LogP contribution in [0.2, 0.25) is 0 Å². The number of likely N-dealkylation sites (tertiary alicyclic amines) is 1. The molecule has 1 aliphatic rings. The number of nitrogens with two attached hydrogens (primary N) is 1. The van der Waals surface area contributed by atoms with E-state index in [0.717, 1.165) is 24.8 Å². The fourth-order valence-corrected chi connectivity index (χ4v) is 2.83. The molecule has 1 saturated heterocycles. The summed E-state index contributed by atoms with van der Waals surface area (Å²) in [7, 11) is 1.70. The summed E-state index contributed by atoms with van der Waals surface area (Å²) in [4.78, 5) is 2.52. The third-order valence-corrected chi connectivity index (χ3v) is 3.85. The minimum atomic E-state index is 0.346. The van der Waals surface area contributed by atoms with Crippen molar-refractivity contribution in [2.45, 2.75) is 25.8 Å². The molecule has 1 fully saturated rings. The third kappa shape index (κ3) is 3.03. The summed E-state index contributed by atoms with van der Waals surface area (Å²) in [6.07, 6.45) is 2.63. The highest BCUT2D eigenvalue weighted by Gasteiger charge is 2.23. The first-order valence-electron chi connectivity index (χ1n) is 6.82. The van der Waals surface area contributed by atoms with Crippen molar-refractivity contribution in [1.82, 2.24) is 4.90 Å². The first kappa shape index (κ1) is 13.4. The molecule has 0 bridgehead atoms. The van der Waals surface area contributed by atoms with E-state index in [1.165, 1.54) is 18.4 Å². The van der Waals surface area contributed by atoms with Crippen molar-refractivity contribution in [3.63, 3.8) is 0 Å². The van der Waals surface area contributed by atoms with Gasteiger partial charge in [-0.3, -0.25) is 4.90 Å². The van der Waals surface area contributed by atoms with E-state index in [4.69, 9.17) is 10.5 Å². The van der Waals surface area contributed by atoms with Gasteiger partial charge in [-0.25, -0.2) is 0 Å². The lowest BCUT2D eigenvalue weighted by Gasteiger charge is -2.37. The summed E-state index contributed by atoms with van der Waals surface area (Å²) in [5.41, 5.74) is 7.28. The Bertz CT molecular complexity index is 363. The Morgan fingerprint density at radius 2 is 2.11 bits per heavy atom. The van der Waals surface area contributed by atoms with Gasteiger partial charge in [0, 0.05) is 19.1 Å². The van der Waals surface area contributed by atoms with E-state index >= 15 is 0 Å². The number of piperidine rings is 1. The van der Waals surface area contributed by atoms with E-state index in [0.29, 0.717) is 12.6 Å². The van der Waals surface area contributed by atoms with E-state index < -0.39 is 0 Å². The van der Waals surface area contributed by atoms with Gasteiger partial charge >= 0.3 is 0 Å². The van der Waals surface area contributed by atoms with Gasteiger partial charge in [-0.15, -0.1) is 0 Å². The summed E-state index contributed by atoms with van der Waals surface area (Å²) in [6.45, 7) is 5.33. The van der Waals surface area contributed by atoms with Crippen molar-refractivity contribution in [3.05, 3.63) is 29.8 Å². The van der Waals surface area contributed by atoms with Crippen LogP contribution in [0, 0.1) is 5.92 Å². The van der Waals surface area contributed by atoms with Gasteiger partial charge in [0.15, 0.2) is 0 Å². The second-order valence-corrected chi connectivity index (χ2v) is 5.27. The van der Waals surface area contributed by atoms with Crippen molar-refractivity contribution in [1.29, 1.82) is 0 Å². The molecule has 0 radical (unpaired) electrons. The molecule has 18 heavy (non-hydrogen) atoms. The van der Waals surface area contributed by atoms with Crippen LogP contribution in [-0.2, 0) is 0 Å². The van der Waals surface area contributed by atoms with E-state index in [2.05, 4.69) is 24.0 Å². The zero-order valence-electron chi connectivity index (χ0n) is 11.4. The fraction of sp³-hybridized carbons (Fsp3) is 0.600. The normalized spacial score (nSPS) is 22.7. The lowest BCUT2D eigenvalue weighted by Crippen LogP contribution is -2.40. The molecule has 2 rings (SSSR count). The molecule has 3 heteroatoms. The van der Waals surface area contributed by atoms with Crippen LogP contribution >= 0.6 is 0 Å². The predicted molar refractivity (Wildman–Crippen MR) is 74.8 cm³/mol. The van der Waals surface area contributed by atoms with Gasteiger partial charge in [-0.05, 0) is 43.0 Å². The van der Waals surface area contributed by atoms with Crippen molar-refractivity contribution in [2.24, 2.45) is 11.7 Å². The molecule has 3 nitrogen and oxygen atoms in total. The summed E-state index contributed by atoms with van der Waals surface area (Å²) in [6, 6.07) is 8.65. The molecule has 0 aromatic heterocycles. The van der Waals surface area contributed by atoms with Gasteiger partial charge in [0.2, 0.25) is 0 Å². The Balaban J connectivity index is 2.11. The number of hydrogen-bond acceptors (Lipinski definition) is 3. The molecule has 1 aromatic rings. The minimum Gasteiger partial charge on any atom is -0.497 e. The zero-order chi connectivity index (χ0) is 13.0. The first-order chi connectivity index (χ1) is 8.74. The highest BCUT2D eigenvalue weighted by Crippen LogP contribution is 2.27. The Hall–Kier alpha value is -1.06. The fourth-order valence-electron chi connectivity index (χ4n) is 2.83. The van der Waals surface area contributed by atoms with Crippen molar-refractivity contribution in [3.8, 4) is 5.75 Å². The SMILES string of the molecule is COc1ccc([C@H](CN)N2CCC[C@@H](C)C2)cc1. The number of hydrogen-bond donors (Lipinski definition) is 1. The average molecular weight is 248 g/mol. The molecule has 100 valence electrons. The van der Waals surface area contributed by atoms with Crippen LogP contribution < -0.4 is 10.5 Å². The van der Waals surface area contributed by atoms with Gasteiger partial charge in [-0.1, -0.05) is 19.1 Å². The molecule has 0 saturated carbocycles. The Labute approximate surface area is 110 Å². The Morgan fingerprint density at radius 3 is 2.67 bits per heavy atom. The number of rotatable bonds is 4. The maximum absolute atomic E-state index is 5.98. The number of ether oxygens (including phenoxy) is 1. The van der Waals surface area contributed by atoms with E-state index in [1.54, 1.807) is 7.11 Å². The summed E-state index contributed by atoms with van der Waals surface area (Å²) in [5, 5.41) is 0. The second kappa shape index (κ2) is 6.21. The first-order valence-corrected chi connectivity index (χ1v) is 6.82. The third-order valence-electron chi connectivity index (χ3n) is 3.85. The highest BCUT2D eigenvalue weighted by molar-refractivity contribution is 5.29. The van der Waals surface area contributed by atoms with Crippen LogP contribution in [0.3, 0.4) is 0 Å². The van der Waals surface area contributed by atoms with Crippen LogP contribution in [0.4, 0.5) is 0 Å². The molecule has 0 aliphatic carbocycles. The molecule has 2 atom stereocenters. The molecular formula is C15H24N2O. The topological polar surface area (TPSA) is 38.5 Å². The molecule has 1 aliphatic heterocycles. The van der Waals surface area contributed by atoms with Gasteiger partial charge < -0.3 is 10.5 Å². The highest BCUT2D eigenvalue weighted by atomic mass is 16.5. The van der Waals surface area contributed by atoms with E-state index in [9.17, 15) is 0 Å². The second-order valence-electron chi connectivity index (χ2n) is 5.27. The molecule has 2 N–H and O–H groups in total. The van der Waals surface area contributed by atoms with Crippen molar-refractivity contribution in [2.75, 3.05) is 26.7 Å². The van der Waals surface area contributed by atoms with Crippen LogP contribution in [-0.4, -0.2) is 31.6 Å². The molecule has 0 amide bonds. The van der Waals surface area contributed by atoms with Gasteiger partial charge in [0.25, 0.3) is 0 Å². The van der Waals surface area contributed by atoms with Crippen LogP contribution in [0.15, 0.2) is 24.3 Å². The number of nitrogens with zero attached hydrogens (tertiary/aromatic N) is 1. The zero-order valence-corrected chi connectivity index (χ0v) is 11.4. The van der Waals surface area contributed by atoms with Crippen LogP contribution in [0.1, 0.15) is 31.4 Å². The monoisotopic (exact) mass is 248 g/mol. The molecule has 1 aromatic carbocycles. The molecule has 0 spiro atoms. The standard InChI is InChI=1S/C15H24N2O/c1-12-4-3-9-17(11-12)15(10-16)13-5-7-14(18-2)8-6-13/h5-8,12,15H,3-4,9-11,16H2,1-2H3/t12-,15+/m1/s1. The largest absolute Gasteiger partial charge is 0.497 e.